The van der Waals surface area contributed by atoms with Gasteiger partial charge in [0.25, 0.3) is 5.78 Å². The molecule has 0 heterocycles. The Kier molecular flexibility index (Phi) is 4.56. The topological polar surface area (TPSA) is 112 Å². The Hall–Kier alpha value is -3.41. The van der Waals surface area contributed by atoms with Crippen LogP contribution in [0.4, 0.5) is 0 Å². The summed E-state index contributed by atoms with van der Waals surface area (Å²) in [4.78, 5) is 32.4. The van der Waals surface area contributed by atoms with Crippen LogP contribution >= 0.6 is 0 Å². The van der Waals surface area contributed by atoms with Crippen LogP contribution in [0.1, 0.15) is 15.9 Å². The van der Waals surface area contributed by atoms with Gasteiger partial charge in [-0.3, -0.25) is 4.79 Å². The van der Waals surface area contributed by atoms with E-state index < -0.39 is 23.5 Å². The molecule has 0 aliphatic carbocycles. The van der Waals surface area contributed by atoms with Crippen molar-refractivity contribution in [1.29, 1.82) is 0 Å². The lowest BCUT2D eigenvalue weighted by Gasteiger charge is -2.05. The largest absolute Gasteiger partial charge is 0.507 e. The smallest absolute Gasteiger partial charge is 0.376 e. The maximum absolute atomic E-state index is 11.0. The van der Waals surface area contributed by atoms with Crippen LogP contribution < -0.4 is 0 Å². The molecule has 0 unspecified atom stereocenters. The number of aliphatic hydroxyl groups excluding tert-OH is 1. The predicted molar refractivity (Wildman–Crippen MR) is 82.1 cm³/mol. The molecule has 0 amide bonds. The van der Waals surface area contributed by atoms with E-state index in [0.29, 0.717) is 17.2 Å². The molecule has 116 valence electrons. The molecule has 0 aromatic heterocycles. The molecule has 2 aromatic carbocycles. The van der Waals surface area contributed by atoms with E-state index in [9.17, 15) is 19.5 Å². The molecule has 23 heavy (non-hydrogen) atoms. The molecule has 0 radical (unpaired) electrons. The molecular weight excluding hydrogens is 300 g/mol. The fraction of sp³-hybridized carbons (Fsp3) is 0. The summed E-state index contributed by atoms with van der Waals surface area (Å²) >= 11 is 0. The Morgan fingerprint density at radius 3 is 2.00 bits per heavy atom. The van der Waals surface area contributed by atoms with Crippen molar-refractivity contribution in [1.82, 2.24) is 0 Å². The normalized spacial score (nSPS) is 11.0. The summed E-state index contributed by atoms with van der Waals surface area (Å²) in [5, 5.41) is 27.2. The third-order valence-corrected chi connectivity index (χ3v) is 3.10. The molecule has 0 saturated heterocycles. The van der Waals surface area contributed by atoms with Crippen LogP contribution in [0.25, 0.3) is 16.9 Å². The summed E-state index contributed by atoms with van der Waals surface area (Å²) in [5.41, 5.74) is 1.83. The van der Waals surface area contributed by atoms with Gasteiger partial charge < -0.3 is 15.3 Å². The lowest BCUT2D eigenvalue weighted by atomic mass is 10.0. The van der Waals surface area contributed by atoms with Crippen molar-refractivity contribution in [3.63, 3.8) is 0 Å². The van der Waals surface area contributed by atoms with Crippen molar-refractivity contribution in [2.24, 2.45) is 0 Å². The zero-order valence-electron chi connectivity index (χ0n) is 11.8. The Labute approximate surface area is 130 Å². The van der Waals surface area contributed by atoms with Crippen molar-refractivity contribution in [3.8, 4) is 11.1 Å². The number of aliphatic hydroxyl groups is 1. The van der Waals surface area contributed by atoms with Gasteiger partial charge in [0.2, 0.25) is 0 Å². The number of aliphatic carboxylic acids is 1. The first kappa shape index (κ1) is 16.0. The molecule has 2 rings (SSSR count). The minimum atomic E-state index is -1.65. The number of carboxylic acid groups (broad SMARTS) is 2. The van der Waals surface area contributed by atoms with E-state index in [-0.39, 0.29) is 11.1 Å². The number of rotatable bonds is 5. The van der Waals surface area contributed by atoms with Crippen LogP contribution in [0.5, 0.6) is 0 Å². The average Bonchev–Trinajstić information content (AvgIpc) is 2.55. The van der Waals surface area contributed by atoms with Gasteiger partial charge in [0, 0.05) is 11.6 Å². The number of aromatic carboxylic acids is 1. The van der Waals surface area contributed by atoms with Crippen LogP contribution in [0, 0.1) is 0 Å². The summed E-state index contributed by atoms with van der Waals surface area (Å²) < 4.78 is 0. The minimum absolute atomic E-state index is 0.154. The molecule has 0 aliphatic rings. The fourth-order valence-corrected chi connectivity index (χ4v) is 1.93. The van der Waals surface area contributed by atoms with Crippen LogP contribution in [-0.4, -0.2) is 33.0 Å². The summed E-state index contributed by atoms with van der Waals surface area (Å²) in [7, 11) is 0. The van der Waals surface area contributed by atoms with Crippen molar-refractivity contribution in [2.75, 3.05) is 0 Å². The molecule has 0 fully saturated rings. The van der Waals surface area contributed by atoms with Gasteiger partial charge >= 0.3 is 11.9 Å². The van der Waals surface area contributed by atoms with Gasteiger partial charge in [-0.2, -0.15) is 0 Å². The quantitative estimate of drug-likeness (QED) is 0.444. The number of carbonyl (C=O) groups is 3. The molecule has 6 heteroatoms. The number of carbonyl (C=O) groups excluding carboxylic acids is 1. The highest BCUT2D eigenvalue weighted by Gasteiger charge is 2.11. The monoisotopic (exact) mass is 312 g/mol. The molecule has 2 aromatic rings. The first-order chi connectivity index (χ1) is 10.9. The lowest BCUT2D eigenvalue weighted by molar-refractivity contribution is -0.146. The van der Waals surface area contributed by atoms with Gasteiger partial charge in [0.1, 0.15) is 5.76 Å². The number of carboxylic acids is 2. The Balaban J connectivity index is 2.29. The van der Waals surface area contributed by atoms with E-state index in [4.69, 9.17) is 10.2 Å². The van der Waals surface area contributed by atoms with E-state index in [0.717, 1.165) is 0 Å². The zero-order valence-corrected chi connectivity index (χ0v) is 11.8. The van der Waals surface area contributed by atoms with Crippen LogP contribution in [0.3, 0.4) is 0 Å². The third-order valence-electron chi connectivity index (χ3n) is 3.10. The van der Waals surface area contributed by atoms with Crippen molar-refractivity contribution < 1.29 is 29.7 Å². The number of ketones is 1. The standard InChI is InChI=1S/C17H12O6/c18-14(9-15(19)17(22)23)11-6-4-10(5-7-11)12-2-1-3-13(8-12)16(20)21/h1-9,18H,(H,20,21)(H,22,23)/b14-9-. The number of hydrogen-bond donors (Lipinski definition) is 3. The second kappa shape index (κ2) is 6.57. The van der Waals surface area contributed by atoms with Crippen molar-refractivity contribution in [2.45, 2.75) is 0 Å². The van der Waals surface area contributed by atoms with Crippen LogP contribution in [0.2, 0.25) is 0 Å². The van der Waals surface area contributed by atoms with Crippen LogP contribution in [-0.2, 0) is 9.59 Å². The van der Waals surface area contributed by atoms with E-state index in [1.807, 2.05) is 0 Å². The number of benzene rings is 2. The van der Waals surface area contributed by atoms with Gasteiger partial charge in [-0.25, -0.2) is 9.59 Å². The Bertz CT molecular complexity index is 802. The summed E-state index contributed by atoms with van der Waals surface area (Å²) in [5.74, 6) is -4.36. The molecule has 0 bridgehead atoms. The van der Waals surface area contributed by atoms with Crippen molar-refractivity contribution >= 4 is 23.5 Å². The summed E-state index contributed by atoms with van der Waals surface area (Å²) in [6, 6.07) is 12.6. The molecular formula is C17H12O6. The summed E-state index contributed by atoms with van der Waals surface area (Å²) in [6.45, 7) is 0. The SMILES string of the molecule is O=C(O)C(=O)/C=C(\O)c1ccc(-c2cccc(C(=O)O)c2)cc1. The third kappa shape index (κ3) is 3.82. The van der Waals surface area contributed by atoms with Crippen LogP contribution in [0.15, 0.2) is 54.6 Å². The van der Waals surface area contributed by atoms with Gasteiger partial charge in [0.15, 0.2) is 0 Å². The average molecular weight is 312 g/mol. The van der Waals surface area contributed by atoms with E-state index in [1.165, 1.54) is 24.3 Å². The minimum Gasteiger partial charge on any atom is -0.507 e. The van der Waals surface area contributed by atoms with Gasteiger partial charge in [0.05, 0.1) is 5.56 Å². The molecule has 0 spiro atoms. The molecule has 0 aliphatic heterocycles. The van der Waals surface area contributed by atoms with E-state index in [1.54, 1.807) is 24.3 Å². The highest BCUT2D eigenvalue weighted by molar-refractivity contribution is 6.38. The van der Waals surface area contributed by atoms with Gasteiger partial charge in [-0.15, -0.1) is 0 Å². The van der Waals surface area contributed by atoms with Gasteiger partial charge in [-0.05, 0) is 23.3 Å². The summed E-state index contributed by atoms with van der Waals surface area (Å²) in [6.07, 6.45) is 0.627. The lowest BCUT2D eigenvalue weighted by Crippen LogP contribution is -2.09. The maximum Gasteiger partial charge on any atom is 0.376 e. The maximum atomic E-state index is 11.0. The van der Waals surface area contributed by atoms with E-state index in [2.05, 4.69) is 0 Å². The highest BCUT2D eigenvalue weighted by atomic mass is 16.4. The van der Waals surface area contributed by atoms with E-state index >= 15 is 0 Å². The number of hydrogen-bond acceptors (Lipinski definition) is 4. The Morgan fingerprint density at radius 2 is 1.43 bits per heavy atom. The first-order valence-electron chi connectivity index (χ1n) is 6.50. The predicted octanol–water partition coefficient (Wildman–Crippen LogP) is 2.60. The van der Waals surface area contributed by atoms with Crippen molar-refractivity contribution in [3.05, 3.63) is 65.7 Å². The fourth-order valence-electron chi connectivity index (χ4n) is 1.93. The molecule has 3 N–H and O–H groups in total. The second-order valence-corrected chi connectivity index (χ2v) is 4.66. The molecule has 0 atom stereocenters. The molecule has 0 saturated carbocycles. The first-order valence-corrected chi connectivity index (χ1v) is 6.50. The second-order valence-electron chi connectivity index (χ2n) is 4.66. The Morgan fingerprint density at radius 1 is 0.783 bits per heavy atom. The zero-order chi connectivity index (χ0) is 17.0. The molecule has 6 nitrogen and oxygen atoms in total. The highest BCUT2D eigenvalue weighted by Crippen LogP contribution is 2.23. The van der Waals surface area contributed by atoms with Gasteiger partial charge in [-0.1, -0.05) is 36.4 Å².